The molecule has 0 saturated heterocycles. The van der Waals surface area contributed by atoms with Crippen LogP contribution in [0, 0.1) is 5.92 Å². The molecule has 0 aliphatic heterocycles. The van der Waals surface area contributed by atoms with Gasteiger partial charge in [0.05, 0.1) is 12.3 Å². The number of nitrogens with one attached hydrogen (secondary N) is 1. The van der Waals surface area contributed by atoms with Gasteiger partial charge in [0.1, 0.15) is 5.76 Å². The predicted molar refractivity (Wildman–Crippen MR) is 50.1 cm³/mol. The molecule has 3 heteroatoms. The largest absolute Gasteiger partial charge is 0.467 e. The minimum absolute atomic E-state index is 0.0115. The van der Waals surface area contributed by atoms with E-state index in [0.717, 1.165) is 5.76 Å². The summed E-state index contributed by atoms with van der Waals surface area (Å²) in [6, 6.07) is 3.61. The number of hydrogen-bond donors (Lipinski definition) is 1. The van der Waals surface area contributed by atoms with Gasteiger partial charge in [-0.15, -0.1) is 0 Å². The maximum atomic E-state index is 11.3. The molecule has 1 aromatic rings. The highest BCUT2D eigenvalue weighted by Gasteiger charge is 2.13. The van der Waals surface area contributed by atoms with E-state index in [9.17, 15) is 4.79 Å². The molecule has 0 unspecified atom stereocenters. The van der Waals surface area contributed by atoms with E-state index in [2.05, 4.69) is 5.32 Å². The van der Waals surface area contributed by atoms with Crippen LogP contribution in [0.1, 0.15) is 32.6 Å². The molecular formula is C10H15NO2. The Morgan fingerprint density at radius 3 is 2.62 bits per heavy atom. The standard InChI is InChI=1S/C10H15NO2/c1-7(2)10(12)11-8(3)9-5-4-6-13-9/h4-8H,1-3H3,(H,11,12)/t8-/m0/s1. The molecule has 3 nitrogen and oxygen atoms in total. The zero-order valence-electron chi connectivity index (χ0n) is 8.20. The summed E-state index contributed by atoms with van der Waals surface area (Å²) in [5, 5.41) is 2.85. The number of amides is 1. The Morgan fingerprint density at radius 2 is 2.15 bits per heavy atom. The fourth-order valence-electron chi connectivity index (χ4n) is 0.989. The Morgan fingerprint density at radius 1 is 1.46 bits per heavy atom. The monoisotopic (exact) mass is 181 g/mol. The van der Waals surface area contributed by atoms with Gasteiger partial charge in [0, 0.05) is 5.92 Å². The van der Waals surface area contributed by atoms with Crippen LogP contribution in [0.3, 0.4) is 0 Å². The molecule has 13 heavy (non-hydrogen) atoms. The summed E-state index contributed by atoms with van der Waals surface area (Å²) in [6.45, 7) is 5.63. The molecule has 0 aliphatic carbocycles. The van der Waals surface area contributed by atoms with Crippen LogP contribution >= 0.6 is 0 Å². The Hall–Kier alpha value is -1.25. The Kier molecular flexibility index (Phi) is 3.12. The molecular weight excluding hydrogens is 166 g/mol. The summed E-state index contributed by atoms with van der Waals surface area (Å²) in [6.07, 6.45) is 1.60. The average Bonchev–Trinajstić information content (AvgIpc) is 2.55. The van der Waals surface area contributed by atoms with Crippen molar-refractivity contribution in [2.75, 3.05) is 0 Å². The molecule has 1 amide bonds. The highest BCUT2D eigenvalue weighted by molar-refractivity contribution is 5.78. The highest BCUT2D eigenvalue weighted by atomic mass is 16.3. The van der Waals surface area contributed by atoms with Gasteiger partial charge >= 0.3 is 0 Å². The molecule has 0 fully saturated rings. The first-order chi connectivity index (χ1) is 6.11. The van der Waals surface area contributed by atoms with Gasteiger partial charge in [-0.3, -0.25) is 4.79 Å². The smallest absolute Gasteiger partial charge is 0.223 e. The van der Waals surface area contributed by atoms with Crippen molar-refractivity contribution in [2.45, 2.75) is 26.8 Å². The van der Waals surface area contributed by atoms with Gasteiger partial charge in [-0.25, -0.2) is 0 Å². The zero-order valence-corrected chi connectivity index (χ0v) is 8.20. The lowest BCUT2D eigenvalue weighted by atomic mass is 10.2. The first-order valence-corrected chi connectivity index (χ1v) is 4.45. The minimum atomic E-state index is -0.0510. The average molecular weight is 181 g/mol. The van der Waals surface area contributed by atoms with Crippen molar-refractivity contribution >= 4 is 5.91 Å². The van der Waals surface area contributed by atoms with Gasteiger partial charge in [0.15, 0.2) is 0 Å². The quantitative estimate of drug-likeness (QED) is 0.776. The third kappa shape index (κ3) is 2.61. The van der Waals surface area contributed by atoms with Gasteiger partial charge in [-0.05, 0) is 19.1 Å². The molecule has 0 aliphatic rings. The summed E-state index contributed by atoms with van der Waals surface area (Å²) in [4.78, 5) is 11.3. The first-order valence-electron chi connectivity index (χ1n) is 4.45. The van der Waals surface area contributed by atoms with Gasteiger partial charge in [-0.2, -0.15) is 0 Å². The molecule has 0 spiro atoms. The van der Waals surface area contributed by atoms with Gasteiger partial charge in [0.2, 0.25) is 5.91 Å². The molecule has 0 bridgehead atoms. The number of carbonyl (C=O) groups excluding carboxylic acids is 1. The molecule has 0 aromatic carbocycles. The number of furan rings is 1. The van der Waals surface area contributed by atoms with Crippen molar-refractivity contribution in [1.82, 2.24) is 5.32 Å². The van der Waals surface area contributed by atoms with Crippen LogP contribution in [0.15, 0.2) is 22.8 Å². The van der Waals surface area contributed by atoms with Crippen LogP contribution < -0.4 is 5.32 Å². The Balaban J connectivity index is 2.51. The van der Waals surface area contributed by atoms with E-state index in [1.54, 1.807) is 6.26 Å². The van der Waals surface area contributed by atoms with E-state index in [0.29, 0.717) is 0 Å². The van der Waals surface area contributed by atoms with Crippen molar-refractivity contribution in [3.05, 3.63) is 24.2 Å². The van der Waals surface area contributed by atoms with Crippen LogP contribution in [0.25, 0.3) is 0 Å². The lowest BCUT2D eigenvalue weighted by Crippen LogP contribution is -2.30. The molecule has 1 atom stereocenters. The number of hydrogen-bond acceptors (Lipinski definition) is 2. The van der Waals surface area contributed by atoms with E-state index in [4.69, 9.17) is 4.42 Å². The minimum Gasteiger partial charge on any atom is -0.467 e. The van der Waals surface area contributed by atoms with Crippen molar-refractivity contribution in [3.63, 3.8) is 0 Å². The van der Waals surface area contributed by atoms with Crippen molar-refractivity contribution in [3.8, 4) is 0 Å². The highest BCUT2D eigenvalue weighted by Crippen LogP contribution is 2.12. The SMILES string of the molecule is CC(C)C(=O)N[C@@H](C)c1ccco1. The normalized spacial score (nSPS) is 12.9. The van der Waals surface area contributed by atoms with Gasteiger partial charge in [0.25, 0.3) is 0 Å². The lowest BCUT2D eigenvalue weighted by molar-refractivity contribution is -0.124. The van der Waals surface area contributed by atoms with Crippen molar-refractivity contribution in [1.29, 1.82) is 0 Å². The summed E-state index contributed by atoms with van der Waals surface area (Å²) >= 11 is 0. The predicted octanol–water partition coefficient (Wildman–Crippen LogP) is 2.11. The van der Waals surface area contributed by atoms with Crippen molar-refractivity contribution in [2.24, 2.45) is 5.92 Å². The molecule has 1 heterocycles. The second-order valence-corrected chi connectivity index (χ2v) is 3.40. The number of rotatable bonds is 3. The molecule has 0 saturated carbocycles. The van der Waals surface area contributed by atoms with E-state index in [1.807, 2.05) is 32.9 Å². The fraction of sp³-hybridized carbons (Fsp3) is 0.500. The zero-order chi connectivity index (χ0) is 9.84. The topological polar surface area (TPSA) is 42.2 Å². The Bertz CT molecular complexity index is 264. The molecule has 1 aromatic heterocycles. The van der Waals surface area contributed by atoms with E-state index < -0.39 is 0 Å². The Labute approximate surface area is 78.1 Å². The van der Waals surface area contributed by atoms with Gasteiger partial charge < -0.3 is 9.73 Å². The molecule has 1 rings (SSSR count). The van der Waals surface area contributed by atoms with Crippen LogP contribution in [0.4, 0.5) is 0 Å². The van der Waals surface area contributed by atoms with Crippen LogP contribution in [0.5, 0.6) is 0 Å². The lowest BCUT2D eigenvalue weighted by Gasteiger charge is -2.12. The van der Waals surface area contributed by atoms with Crippen LogP contribution in [-0.4, -0.2) is 5.91 Å². The summed E-state index contributed by atoms with van der Waals surface area (Å²) in [5.74, 6) is 0.843. The van der Waals surface area contributed by atoms with Crippen LogP contribution in [0.2, 0.25) is 0 Å². The molecule has 72 valence electrons. The van der Waals surface area contributed by atoms with E-state index in [-0.39, 0.29) is 17.9 Å². The third-order valence-electron chi connectivity index (χ3n) is 1.85. The fourth-order valence-corrected chi connectivity index (χ4v) is 0.989. The summed E-state index contributed by atoms with van der Waals surface area (Å²) in [7, 11) is 0. The third-order valence-corrected chi connectivity index (χ3v) is 1.85. The van der Waals surface area contributed by atoms with E-state index >= 15 is 0 Å². The maximum absolute atomic E-state index is 11.3. The van der Waals surface area contributed by atoms with Crippen LogP contribution in [-0.2, 0) is 4.79 Å². The molecule has 0 radical (unpaired) electrons. The molecule has 1 N–H and O–H groups in total. The second-order valence-electron chi connectivity index (χ2n) is 3.40. The van der Waals surface area contributed by atoms with E-state index in [1.165, 1.54) is 0 Å². The second kappa shape index (κ2) is 4.12. The maximum Gasteiger partial charge on any atom is 0.223 e. The van der Waals surface area contributed by atoms with Crippen molar-refractivity contribution < 1.29 is 9.21 Å². The summed E-state index contributed by atoms with van der Waals surface area (Å²) < 4.78 is 5.16. The summed E-state index contributed by atoms with van der Waals surface area (Å²) in [5.41, 5.74) is 0. The first kappa shape index (κ1) is 9.84. The number of carbonyl (C=O) groups is 1. The van der Waals surface area contributed by atoms with Gasteiger partial charge in [-0.1, -0.05) is 13.8 Å².